The number of nitrogens with zero attached hydrogens (tertiary/aromatic N) is 1. The monoisotopic (exact) mass is 254 g/mol. The van der Waals surface area contributed by atoms with Gasteiger partial charge < -0.3 is 5.73 Å². The normalized spacial score (nSPS) is 21.7. The minimum absolute atomic E-state index is 0.148. The minimum atomic E-state index is 0.148. The average molecular weight is 254 g/mol. The molecule has 1 rings (SSSR count). The second-order valence-electron chi connectivity index (χ2n) is 7.76. The molecule has 0 amide bonds. The van der Waals surface area contributed by atoms with E-state index in [4.69, 9.17) is 5.73 Å². The summed E-state index contributed by atoms with van der Waals surface area (Å²) in [6.45, 7) is 14.1. The van der Waals surface area contributed by atoms with Crippen LogP contribution in [-0.2, 0) is 0 Å². The van der Waals surface area contributed by atoms with Gasteiger partial charge in [-0.15, -0.1) is 0 Å². The molecule has 1 saturated heterocycles. The number of hydrogen-bond acceptors (Lipinski definition) is 2. The van der Waals surface area contributed by atoms with Gasteiger partial charge in [0.15, 0.2) is 0 Å². The molecule has 0 radical (unpaired) electrons. The van der Waals surface area contributed by atoms with Crippen LogP contribution in [0.5, 0.6) is 0 Å². The third-order valence-electron chi connectivity index (χ3n) is 4.53. The molecule has 1 heterocycles. The van der Waals surface area contributed by atoms with E-state index < -0.39 is 0 Å². The molecule has 1 aliphatic rings. The molecule has 0 aromatic carbocycles. The van der Waals surface area contributed by atoms with Crippen LogP contribution in [0.25, 0.3) is 0 Å². The van der Waals surface area contributed by atoms with Gasteiger partial charge >= 0.3 is 0 Å². The van der Waals surface area contributed by atoms with Crippen LogP contribution >= 0.6 is 0 Å². The fourth-order valence-electron chi connectivity index (χ4n) is 2.82. The van der Waals surface area contributed by atoms with E-state index in [-0.39, 0.29) is 11.6 Å². The Morgan fingerprint density at radius 2 is 1.44 bits per heavy atom. The summed E-state index contributed by atoms with van der Waals surface area (Å²) >= 11 is 0. The van der Waals surface area contributed by atoms with E-state index in [0.717, 1.165) is 6.42 Å². The molecule has 0 aromatic heterocycles. The Morgan fingerprint density at radius 3 is 1.89 bits per heavy atom. The molecule has 2 nitrogen and oxygen atoms in total. The van der Waals surface area contributed by atoms with E-state index >= 15 is 0 Å². The lowest BCUT2D eigenvalue weighted by Gasteiger charge is -2.43. The predicted octanol–water partition coefficient (Wildman–Crippen LogP) is 3.79. The van der Waals surface area contributed by atoms with Crippen molar-refractivity contribution in [1.29, 1.82) is 0 Å². The van der Waals surface area contributed by atoms with E-state index in [0.29, 0.717) is 5.41 Å². The van der Waals surface area contributed by atoms with E-state index in [9.17, 15) is 0 Å². The van der Waals surface area contributed by atoms with Gasteiger partial charge in [-0.05, 0) is 58.0 Å². The lowest BCUT2D eigenvalue weighted by atomic mass is 9.83. The van der Waals surface area contributed by atoms with Gasteiger partial charge in [-0.25, -0.2) is 0 Å². The second-order valence-corrected chi connectivity index (χ2v) is 7.76. The van der Waals surface area contributed by atoms with Gasteiger partial charge in [0.25, 0.3) is 0 Å². The Kier molecular flexibility index (Phi) is 5.67. The maximum Gasteiger partial charge on any atom is 0.0304 e. The van der Waals surface area contributed by atoms with Crippen LogP contribution in [0.2, 0.25) is 0 Å². The topological polar surface area (TPSA) is 29.3 Å². The largest absolute Gasteiger partial charge is 0.326 e. The lowest BCUT2D eigenvalue weighted by molar-refractivity contribution is 0.0901. The van der Waals surface area contributed by atoms with Crippen LogP contribution < -0.4 is 5.73 Å². The van der Waals surface area contributed by atoms with Crippen LogP contribution in [0.1, 0.15) is 73.1 Å². The van der Waals surface area contributed by atoms with Crippen molar-refractivity contribution >= 4 is 0 Å². The highest BCUT2D eigenvalue weighted by atomic mass is 15.2. The summed E-state index contributed by atoms with van der Waals surface area (Å²) in [6.07, 6.45) is 7.82. The van der Waals surface area contributed by atoms with Gasteiger partial charge in [-0.2, -0.15) is 0 Å². The van der Waals surface area contributed by atoms with Crippen molar-refractivity contribution in [3.05, 3.63) is 0 Å². The highest BCUT2D eigenvalue weighted by molar-refractivity contribution is 4.92. The SMILES string of the molecule is CC(C)(C)CCC(N)C(C)(C)N1CCCCCC1. The molecule has 18 heavy (non-hydrogen) atoms. The van der Waals surface area contributed by atoms with Crippen molar-refractivity contribution in [1.82, 2.24) is 4.90 Å². The second kappa shape index (κ2) is 6.38. The first-order chi connectivity index (χ1) is 8.23. The minimum Gasteiger partial charge on any atom is -0.326 e. The van der Waals surface area contributed by atoms with Crippen molar-refractivity contribution in [3.8, 4) is 0 Å². The maximum absolute atomic E-state index is 6.50. The molecule has 0 spiro atoms. The van der Waals surface area contributed by atoms with Crippen molar-refractivity contribution in [2.75, 3.05) is 13.1 Å². The molecule has 0 aromatic rings. The molecule has 0 bridgehead atoms. The summed E-state index contributed by atoms with van der Waals surface area (Å²) in [6, 6.07) is 0.287. The van der Waals surface area contributed by atoms with Crippen molar-refractivity contribution in [2.45, 2.75) is 84.7 Å². The first kappa shape index (κ1) is 16.0. The van der Waals surface area contributed by atoms with Gasteiger partial charge in [0.05, 0.1) is 0 Å². The summed E-state index contributed by atoms with van der Waals surface area (Å²) in [7, 11) is 0. The van der Waals surface area contributed by atoms with Crippen molar-refractivity contribution in [3.63, 3.8) is 0 Å². The predicted molar refractivity (Wildman–Crippen MR) is 80.8 cm³/mol. The average Bonchev–Trinajstić information content (AvgIpc) is 2.53. The molecule has 1 fully saturated rings. The van der Waals surface area contributed by atoms with Gasteiger partial charge in [0, 0.05) is 11.6 Å². The zero-order valence-corrected chi connectivity index (χ0v) is 13.3. The van der Waals surface area contributed by atoms with Crippen LogP contribution in [-0.4, -0.2) is 29.6 Å². The Morgan fingerprint density at radius 1 is 0.944 bits per heavy atom. The van der Waals surface area contributed by atoms with Gasteiger partial charge in [-0.1, -0.05) is 33.6 Å². The molecular weight excluding hydrogens is 220 g/mol. The van der Waals surface area contributed by atoms with Crippen LogP contribution in [0, 0.1) is 5.41 Å². The number of nitrogens with two attached hydrogens (primary N) is 1. The Labute approximate surface area is 114 Å². The van der Waals surface area contributed by atoms with Crippen LogP contribution in [0.15, 0.2) is 0 Å². The third-order valence-corrected chi connectivity index (χ3v) is 4.53. The molecule has 0 saturated carbocycles. The Balaban J connectivity index is 2.54. The zero-order chi connectivity index (χ0) is 13.8. The molecule has 1 aliphatic heterocycles. The van der Waals surface area contributed by atoms with E-state index in [1.165, 1.54) is 45.2 Å². The first-order valence-electron chi connectivity index (χ1n) is 7.74. The molecule has 108 valence electrons. The van der Waals surface area contributed by atoms with E-state index in [1.54, 1.807) is 0 Å². The summed E-state index contributed by atoms with van der Waals surface area (Å²) < 4.78 is 0. The third kappa shape index (κ3) is 4.89. The molecule has 2 heteroatoms. The van der Waals surface area contributed by atoms with Gasteiger partial charge in [0.2, 0.25) is 0 Å². The number of rotatable bonds is 4. The van der Waals surface area contributed by atoms with E-state index in [2.05, 4.69) is 39.5 Å². The molecule has 1 atom stereocenters. The zero-order valence-electron chi connectivity index (χ0n) is 13.3. The summed E-state index contributed by atoms with van der Waals surface area (Å²) in [4.78, 5) is 2.63. The summed E-state index contributed by atoms with van der Waals surface area (Å²) in [5, 5.41) is 0. The molecule has 0 aliphatic carbocycles. The van der Waals surface area contributed by atoms with Gasteiger partial charge in [0.1, 0.15) is 0 Å². The number of hydrogen-bond donors (Lipinski definition) is 1. The fourth-order valence-corrected chi connectivity index (χ4v) is 2.82. The Hall–Kier alpha value is -0.0800. The lowest BCUT2D eigenvalue weighted by Crippen LogP contribution is -2.56. The van der Waals surface area contributed by atoms with Crippen LogP contribution in [0.3, 0.4) is 0 Å². The highest BCUT2D eigenvalue weighted by Crippen LogP contribution is 2.28. The summed E-state index contributed by atoms with van der Waals surface area (Å²) in [5.74, 6) is 0. The van der Waals surface area contributed by atoms with Gasteiger partial charge in [-0.3, -0.25) is 4.90 Å². The highest BCUT2D eigenvalue weighted by Gasteiger charge is 2.33. The Bertz CT molecular complexity index is 232. The quantitative estimate of drug-likeness (QED) is 0.827. The molecule has 1 unspecified atom stereocenters. The molecule has 2 N–H and O–H groups in total. The first-order valence-corrected chi connectivity index (χ1v) is 7.74. The number of likely N-dealkylation sites (tertiary alicyclic amines) is 1. The standard InChI is InChI=1S/C16H34N2/c1-15(2,3)11-10-14(17)16(4,5)18-12-8-6-7-9-13-18/h14H,6-13,17H2,1-5H3. The maximum atomic E-state index is 6.50. The van der Waals surface area contributed by atoms with E-state index in [1.807, 2.05) is 0 Å². The fraction of sp³-hybridized carbons (Fsp3) is 1.00. The van der Waals surface area contributed by atoms with Crippen molar-refractivity contribution < 1.29 is 0 Å². The van der Waals surface area contributed by atoms with Crippen molar-refractivity contribution in [2.24, 2.45) is 11.1 Å². The smallest absolute Gasteiger partial charge is 0.0304 e. The summed E-state index contributed by atoms with van der Waals surface area (Å²) in [5.41, 5.74) is 7.04. The molecular formula is C16H34N2. The van der Waals surface area contributed by atoms with Crippen LogP contribution in [0.4, 0.5) is 0 Å².